The molecule has 1 amide bonds. The SMILES string of the molecule is Nc1cc(Br)ccc1C(=O)N1CCOc2ccccc2C1. The lowest BCUT2D eigenvalue weighted by Crippen LogP contribution is -2.32. The zero-order valence-electron chi connectivity index (χ0n) is 11.4. The van der Waals surface area contributed by atoms with Crippen LogP contribution < -0.4 is 10.5 Å². The van der Waals surface area contributed by atoms with Crippen molar-refractivity contribution >= 4 is 27.5 Å². The lowest BCUT2D eigenvalue weighted by atomic mass is 10.1. The van der Waals surface area contributed by atoms with Crippen molar-refractivity contribution in [3.63, 3.8) is 0 Å². The van der Waals surface area contributed by atoms with Crippen LogP contribution in [0.2, 0.25) is 0 Å². The van der Waals surface area contributed by atoms with Gasteiger partial charge in [0.2, 0.25) is 0 Å². The van der Waals surface area contributed by atoms with Gasteiger partial charge in [-0.05, 0) is 24.3 Å². The highest BCUT2D eigenvalue weighted by atomic mass is 79.9. The van der Waals surface area contributed by atoms with Crippen molar-refractivity contribution in [3.05, 3.63) is 58.1 Å². The number of carbonyl (C=O) groups excluding carboxylic acids is 1. The van der Waals surface area contributed by atoms with Crippen LogP contribution >= 0.6 is 15.9 Å². The second kappa shape index (κ2) is 5.77. The number of nitrogens with two attached hydrogens (primary N) is 1. The average molecular weight is 347 g/mol. The normalized spacial score (nSPS) is 14.0. The van der Waals surface area contributed by atoms with E-state index in [1.165, 1.54) is 0 Å². The number of nitrogens with zero attached hydrogens (tertiary/aromatic N) is 1. The van der Waals surface area contributed by atoms with Crippen LogP contribution in [0.1, 0.15) is 15.9 Å². The Morgan fingerprint density at radius 3 is 2.86 bits per heavy atom. The van der Waals surface area contributed by atoms with Crippen LogP contribution in [0.4, 0.5) is 5.69 Å². The lowest BCUT2D eigenvalue weighted by molar-refractivity contribution is 0.0734. The quantitative estimate of drug-likeness (QED) is 0.807. The molecular formula is C16H15BrN2O2. The fraction of sp³-hybridized carbons (Fsp3) is 0.188. The maximum Gasteiger partial charge on any atom is 0.256 e. The zero-order valence-corrected chi connectivity index (χ0v) is 13.0. The third-order valence-electron chi connectivity index (χ3n) is 3.48. The second-order valence-corrected chi connectivity index (χ2v) is 5.83. The highest BCUT2D eigenvalue weighted by Crippen LogP contribution is 2.25. The van der Waals surface area contributed by atoms with Crippen molar-refractivity contribution in [2.24, 2.45) is 0 Å². The Hall–Kier alpha value is -2.01. The molecule has 2 aromatic carbocycles. The Morgan fingerprint density at radius 2 is 2.05 bits per heavy atom. The molecule has 2 N–H and O–H groups in total. The van der Waals surface area contributed by atoms with Crippen LogP contribution in [0.25, 0.3) is 0 Å². The fourth-order valence-corrected chi connectivity index (χ4v) is 2.78. The number of amides is 1. The molecule has 0 bridgehead atoms. The Bertz CT molecular complexity index is 688. The fourth-order valence-electron chi connectivity index (χ4n) is 2.40. The predicted molar refractivity (Wildman–Crippen MR) is 85.2 cm³/mol. The smallest absolute Gasteiger partial charge is 0.256 e. The van der Waals surface area contributed by atoms with E-state index in [1.54, 1.807) is 17.0 Å². The molecule has 4 nitrogen and oxygen atoms in total. The number of carbonyl (C=O) groups is 1. The van der Waals surface area contributed by atoms with Gasteiger partial charge < -0.3 is 15.4 Å². The summed E-state index contributed by atoms with van der Waals surface area (Å²) in [5, 5.41) is 0. The van der Waals surface area contributed by atoms with E-state index < -0.39 is 0 Å². The minimum Gasteiger partial charge on any atom is -0.491 e. The van der Waals surface area contributed by atoms with Gasteiger partial charge in [0.15, 0.2) is 0 Å². The van der Waals surface area contributed by atoms with E-state index in [4.69, 9.17) is 10.5 Å². The Labute approximate surface area is 131 Å². The molecular weight excluding hydrogens is 332 g/mol. The summed E-state index contributed by atoms with van der Waals surface area (Å²) in [6.07, 6.45) is 0. The number of ether oxygens (including phenoxy) is 1. The molecule has 0 unspecified atom stereocenters. The molecule has 1 heterocycles. The van der Waals surface area contributed by atoms with Gasteiger partial charge in [-0.25, -0.2) is 0 Å². The first kappa shape index (κ1) is 13.9. The second-order valence-electron chi connectivity index (χ2n) is 4.91. The van der Waals surface area contributed by atoms with Gasteiger partial charge in [-0.3, -0.25) is 4.79 Å². The molecule has 0 atom stereocenters. The van der Waals surface area contributed by atoms with Crippen LogP contribution in [-0.2, 0) is 6.54 Å². The number of fused-ring (bicyclic) bond motifs is 1. The van der Waals surface area contributed by atoms with E-state index in [1.807, 2.05) is 30.3 Å². The molecule has 0 aliphatic carbocycles. The molecule has 0 saturated carbocycles. The standard InChI is InChI=1S/C16H15BrN2O2/c17-12-5-6-13(14(18)9-12)16(20)19-7-8-21-15-4-2-1-3-11(15)10-19/h1-6,9H,7-8,10,18H2. The molecule has 0 saturated heterocycles. The molecule has 108 valence electrons. The molecule has 21 heavy (non-hydrogen) atoms. The Morgan fingerprint density at radius 1 is 1.24 bits per heavy atom. The van der Waals surface area contributed by atoms with Crippen LogP contribution in [0.3, 0.4) is 0 Å². The molecule has 0 aromatic heterocycles. The molecule has 0 radical (unpaired) electrons. The lowest BCUT2D eigenvalue weighted by Gasteiger charge is -2.20. The summed E-state index contributed by atoms with van der Waals surface area (Å²) in [6.45, 7) is 1.56. The first-order valence-electron chi connectivity index (χ1n) is 6.70. The van der Waals surface area contributed by atoms with Crippen LogP contribution in [-0.4, -0.2) is 24.0 Å². The van der Waals surface area contributed by atoms with Crippen LogP contribution in [0.15, 0.2) is 46.9 Å². The minimum atomic E-state index is -0.0692. The highest BCUT2D eigenvalue weighted by Gasteiger charge is 2.22. The maximum absolute atomic E-state index is 12.7. The number of halogens is 1. The summed E-state index contributed by atoms with van der Waals surface area (Å²) < 4.78 is 6.54. The molecule has 2 aromatic rings. The third kappa shape index (κ3) is 2.88. The number of para-hydroxylation sites is 1. The first-order valence-corrected chi connectivity index (χ1v) is 7.49. The monoisotopic (exact) mass is 346 g/mol. The number of rotatable bonds is 1. The maximum atomic E-state index is 12.7. The van der Waals surface area contributed by atoms with Crippen molar-refractivity contribution in [2.75, 3.05) is 18.9 Å². The number of hydrogen-bond donors (Lipinski definition) is 1. The molecule has 3 rings (SSSR count). The summed E-state index contributed by atoms with van der Waals surface area (Å²) >= 11 is 3.35. The van der Waals surface area contributed by atoms with E-state index in [0.717, 1.165) is 15.8 Å². The van der Waals surface area contributed by atoms with Gasteiger partial charge in [0, 0.05) is 22.3 Å². The van der Waals surface area contributed by atoms with E-state index in [-0.39, 0.29) is 5.91 Å². The van der Waals surface area contributed by atoms with Gasteiger partial charge in [0.05, 0.1) is 12.1 Å². The summed E-state index contributed by atoms with van der Waals surface area (Å²) in [6, 6.07) is 13.1. The molecule has 1 aliphatic heterocycles. The highest BCUT2D eigenvalue weighted by molar-refractivity contribution is 9.10. The minimum absolute atomic E-state index is 0.0692. The zero-order chi connectivity index (χ0) is 14.8. The van der Waals surface area contributed by atoms with Gasteiger partial charge in [-0.2, -0.15) is 0 Å². The van der Waals surface area contributed by atoms with Crippen LogP contribution in [0.5, 0.6) is 5.75 Å². The first-order chi connectivity index (χ1) is 10.1. The van der Waals surface area contributed by atoms with Crippen molar-refractivity contribution in [2.45, 2.75) is 6.54 Å². The molecule has 1 aliphatic rings. The molecule has 0 spiro atoms. The Kier molecular flexibility index (Phi) is 3.84. The van der Waals surface area contributed by atoms with Gasteiger partial charge in [0.25, 0.3) is 5.91 Å². The van der Waals surface area contributed by atoms with Gasteiger partial charge in [0.1, 0.15) is 12.4 Å². The number of hydrogen-bond acceptors (Lipinski definition) is 3. The third-order valence-corrected chi connectivity index (χ3v) is 3.98. The number of benzene rings is 2. The van der Waals surface area contributed by atoms with Gasteiger partial charge in [-0.1, -0.05) is 34.1 Å². The van der Waals surface area contributed by atoms with Crippen molar-refractivity contribution in [1.82, 2.24) is 4.90 Å². The van der Waals surface area contributed by atoms with Crippen LogP contribution in [0, 0.1) is 0 Å². The van der Waals surface area contributed by atoms with E-state index in [9.17, 15) is 4.79 Å². The average Bonchev–Trinajstić information content (AvgIpc) is 2.68. The van der Waals surface area contributed by atoms with Gasteiger partial charge in [-0.15, -0.1) is 0 Å². The summed E-state index contributed by atoms with van der Waals surface area (Å²) in [4.78, 5) is 14.4. The predicted octanol–water partition coefficient (Wildman–Crippen LogP) is 3.07. The topological polar surface area (TPSA) is 55.6 Å². The van der Waals surface area contributed by atoms with Crippen molar-refractivity contribution < 1.29 is 9.53 Å². The molecule has 5 heteroatoms. The summed E-state index contributed by atoms with van der Waals surface area (Å²) in [5.41, 5.74) is 7.97. The van der Waals surface area contributed by atoms with Gasteiger partial charge >= 0.3 is 0 Å². The summed E-state index contributed by atoms with van der Waals surface area (Å²) in [5.74, 6) is 0.775. The molecule has 0 fully saturated rings. The van der Waals surface area contributed by atoms with E-state index in [2.05, 4.69) is 15.9 Å². The number of nitrogen functional groups attached to an aromatic ring is 1. The largest absolute Gasteiger partial charge is 0.491 e. The van der Waals surface area contributed by atoms with Crippen molar-refractivity contribution in [1.29, 1.82) is 0 Å². The van der Waals surface area contributed by atoms with E-state index in [0.29, 0.717) is 30.9 Å². The summed E-state index contributed by atoms with van der Waals surface area (Å²) in [7, 11) is 0. The number of anilines is 1. The van der Waals surface area contributed by atoms with E-state index >= 15 is 0 Å². The Balaban J connectivity index is 1.88. The van der Waals surface area contributed by atoms with Crippen molar-refractivity contribution in [3.8, 4) is 5.75 Å².